The van der Waals surface area contributed by atoms with E-state index in [0.29, 0.717) is 35.4 Å². The fourth-order valence-corrected chi connectivity index (χ4v) is 5.08. The summed E-state index contributed by atoms with van der Waals surface area (Å²) >= 11 is 0. The lowest BCUT2D eigenvalue weighted by molar-refractivity contribution is -0.115. The first-order chi connectivity index (χ1) is 20.8. The van der Waals surface area contributed by atoms with Crippen LogP contribution >= 0.6 is 0 Å². The van der Waals surface area contributed by atoms with E-state index in [1.165, 1.54) is 11.9 Å². The Balaban J connectivity index is 0.00000207. The lowest BCUT2D eigenvalue weighted by atomic mass is 10.1. The van der Waals surface area contributed by atoms with E-state index in [-0.39, 0.29) is 30.1 Å². The molecule has 1 fully saturated rings. The molecule has 0 saturated carbocycles. The maximum atomic E-state index is 13.8. The number of nitrogens with one attached hydrogen (secondary N) is 3. The van der Waals surface area contributed by atoms with E-state index in [4.69, 9.17) is 0 Å². The molecular weight excluding hydrogens is 542 g/mol. The molecular formula is C33H41N7O3. The van der Waals surface area contributed by atoms with Crippen LogP contribution < -0.4 is 15.5 Å². The summed E-state index contributed by atoms with van der Waals surface area (Å²) in [5, 5.41) is 5.78. The zero-order valence-electron chi connectivity index (χ0n) is 25.8. The lowest BCUT2D eigenvalue weighted by Gasteiger charge is -2.22. The Kier molecular flexibility index (Phi) is 10.1. The Labute approximate surface area is 252 Å². The standard InChI is InChI=1S/C31H35N7O3.C2H6/c1-5-22-16-37(23-11-7-19(3)8-12-23)18-38(22)31(41)24-15-32-28-27(24)34-17-35-29(28)30(40)33-14-21-10-9-20(4)25(13-21)36-26(39)6-2;1-2/h7-13,15,17,22,32H,5-6,14,16,18H2,1-4H3,(H,33,40)(H,36,39);1-2H3. The quantitative estimate of drug-likeness (QED) is 0.249. The van der Waals surface area contributed by atoms with Gasteiger partial charge in [0.1, 0.15) is 11.8 Å². The number of benzene rings is 2. The maximum absolute atomic E-state index is 13.8. The van der Waals surface area contributed by atoms with Gasteiger partial charge < -0.3 is 25.4 Å². The zero-order chi connectivity index (χ0) is 31.1. The lowest BCUT2D eigenvalue weighted by Crippen LogP contribution is -2.36. The van der Waals surface area contributed by atoms with Crippen LogP contribution in [0.3, 0.4) is 0 Å². The van der Waals surface area contributed by atoms with Gasteiger partial charge in [-0.25, -0.2) is 9.97 Å². The number of aromatic amines is 1. The highest BCUT2D eigenvalue weighted by molar-refractivity contribution is 6.10. The van der Waals surface area contributed by atoms with Gasteiger partial charge in [-0.15, -0.1) is 0 Å². The molecule has 0 spiro atoms. The molecule has 1 saturated heterocycles. The van der Waals surface area contributed by atoms with Gasteiger partial charge in [-0.3, -0.25) is 14.4 Å². The van der Waals surface area contributed by atoms with Crippen molar-refractivity contribution in [1.29, 1.82) is 0 Å². The number of aromatic nitrogens is 3. The van der Waals surface area contributed by atoms with Gasteiger partial charge in [0.25, 0.3) is 11.8 Å². The summed E-state index contributed by atoms with van der Waals surface area (Å²) in [6, 6.07) is 14.0. The fraction of sp³-hybridized carbons (Fsp3) is 0.364. The van der Waals surface area contributed by atoms with E-state index in [1.54, 1.807) is 13.1 Å². The van der Waals surface area contributed by atoms with Crippen molar-refractivity contribution in [2.45, 2.75) is 67.0 Å². The van der Waals surface area contributed by atoms with Crippen LogP contribution in [0.5, 0.6) is 0 Å². The van der Waals surface area contributed by atoms with Crippen molar-refractivity contribution in [2.75, 3.05) is 23.4 Å². The number of anilines is 2. The number of hydrogen-bond donors (Lipinski definition) is 3. The molecule has 43 heavy (non-hydrogen) atoms. The molecule has 0 aliphatic carbocycles. The largest absolute Gasteiger partial charge is 0.357 e. The molecule has 0 bridgehead atoms. The summed E-state index contributed by atoms with van der Waals surface area (Å²) < 4.78 is 0. The third-order valence-corrected chi connectivity index (χ3v) is 7.59. The topological polar surface area (TPSA) is 123 Å². The molecule has 1 atom stereocenters. The molecule has 1 unspecified atom stereocenters. The molecule has 1 aliphatic rings. The number of carbonyl (C=O) groups excluding carboxylic acids is 3. The molecule has 3 N–H and O–H groups in total. The Morgan fingerprint density at radius 1 is 1.02 bits per heavy atom. The van der Waals surface area contributed by atoms with Gasteiger partial charge in [-0.1, -0.05) is 57.5 Å². The van der Waals surface area contributed by atoms with E-state index in [1.807, 2.05) is 43.9 Å². The number of amides is 3. The summed E-state index contributed by atoms with van der Waals surface area (Å²) in [7, 11) is 0. The molecule has 10 nitrogen and oxygen atoms in total. The van der Waals surface area contributed by atoms with Gasteiger partial charge in [-0.2, -0.15) is 0 Å². The van der Waals surface area contributed by atoms with E-state index < -0.39 is 5.91 Å². The van der Waals surface area contributed by atoms with Crippen LogP contribution in [-0.4, -0.2) is 56.8 Å². The predicted molar refractivity (Wildman–Crippen MR) is 170 cm³/mol. The minimum Gasteiger partial charge on any atom is -0.357 e. The predicted octanol–water partition coefficient (Wildman–Crippen LogP) is 5.58. The van der Waals surface area contributed by atoms with Crippen molar-refractivity contribution in [2.24, 2.45) is 0 Å². The molecule has 1 aliphatic heterocycles. The Morgan fingerprint density at radius 3 is 2.47 bits per heavy atom. The van der Waals surface area contributed by atoms with Crippen LogP contribution in [0.15, 0.2) is 55.0 Å². The summed E-state index contributed by atoms with van der Waals surface area (Å²) in [6.45, 7) is 13.3. The van der Waals surface area contributed by atoms with Crippen molar-refractivity contribution in [1.82, 2.24) is 25.2 Å². The third kappa shape index (κ3) is 6.85. The minimum absolute atomic E-state index is 0.0554. The number of hydrogen-bond acceptors (Lipinski definition) is 6. The maximum Gasteiger partial charge on any atom is 0.272 e. The molecule has 5 rings (SSSR count). The van der Waals surface area contributed by atoms with Crippen LogP contribution in [0, 0.1) is 13.8 Å². The first-order valence-electron chi connectivity index (χ1n) is 14.9. The molecule has 3 amide bonds. The van der Waals surface area contributed by atoms with E-state index in [0.717, 1.165) is 29.8 Å². The number of fused-ring (bicyclic) bond motifs is 1. The Morgan fingerprint density at radius 2 is 1.77 bits per heavy atom. The summed E-state index contributed by atoms with van der Waals surface area (Å²) in [4.78, 5) is 54.5. The van der Waals surface area contributed by atoms with Gasteiger partial charge in [0.2, 0.25) is 5.91 Å². The van der Waals surface area contributed by atoms with Crippen molar-refractivity contribution >= 4 is 40.1 Å². The highest BCUT2D eigenvalue weighted by Gasteiger charge is 2.35. The van der Waals surface area contributed by atoms with Gasteiger partial charge in [0.05, 0.1) is 23.8 Å². The van der Waals surface area contributed by atoms with E-state index in [9.17, 15) is 14.4 Å². The molecule has 2 aromatic heterocycles. The number of rotatable bonds is 8. The van der Waals surface area contributed by atoms with Gasteiger partial charge in [0.15, 0.2) is 5.69 Å². The van der Waals surface area contributed by atoms with Crippen LogP contribution in [0.1, 0.15) is 78.1 Å². The van der Waals surface area contributed by atoms with Gasteiger partial charge >= 0.3 is 0 Å². The molecule has 4 aromatic rings. The summed E-state index contributed by atoms with van der Waals surface area (Å²) in [5.41, 5.74) is 6.16. The first-order valence-corrected chi connectivity index (χ1v) is 14.9. The molecule has 2 aromatic carbocycles. The van der Waals surface area contributed by atoms with Crippen molar-refractivity contribution in [3.8, 4) is 0 Å². The number of carbonyl (C=O) groups is 3. The third-order valence-electron chi connectivity index (χ3n) is 7.59. The van der Waals surface area contributed by atoms with Crippen molar-refractivity contribution in [3.63, 3.8) is 0 Å². The van der Waals surface area contributed by atoms with Gasteiger partial charge in [-0.05, 0) is 49.6 Å². The average molecular weight is 584 g/mol. The van der Waals surface area contributed by atoms with Crippen LogP contribution in [-0.2, 0) is 11.3 Å². The SMILES string of the molecule is CC.CCC(=O)Nc1cc(CNC(=O)c2ncnc3c(C(=O)N4CN(c5ccc(C)cc5)CC4CC)c[nH]c23)ccc1C. The first kappa shape index (κ1) is 31.2. The Bertz CT molecular complexity index is 1600. The smallest absolute Gasteiger partial charge is 0.272 e. The molecule has 226 valence electrons. The highest BCUT2D eigenvalue weighted by atomic mass is 16.2. The second kappa shape index (κ2) is 14.0. The van der Waals surface area contributed by atoms with Crippen LogP contribution in [0.2, 0.25) is 0 Å². The fourth-order valence-electron chi connectivity index (χ4n) is 5.08. The van der Waals surface area contributed by atoms with Gasteiger partial charge in [0, 0.05) is 37.1 Å². The molecule has 3 heterocycles. The average Bonchev–Trinajstić information content (AvgIpc) is 3.67. The van der Waals surface area contributed by atoms with E-state index >= 15 is 0 Å². The number of nitrogens with zero attached hydrogens (tertiary/aromatic N) is 4. The normalized spacial score (nSPS) is 14.3. The van der Waals surface area contributed by atoms with Crippen LogP contribution in [0.4, 0.5) is 11.4 Å². The zero-order valence-corrected chi connectivity index (χ0v) is 25.8. The highest BCUT2D eigenvalue weighted by Crippen LogP contribution is 2.27. The monoisotopic (exact) mass is 583 g/mol. The summed E-state index contributed by atoms with van der Waals surface area (Å²) in [6.07, 6.45) is 4.13. The van der Waals surface area contributed by atoms with Crippen molar-refractivity contribution in [3.05, 3.63) is 82.9 Å². The number of aryl methyl sites for hydroxylation is 2. The molecule has 10 heteroatoms. The number of H-pyrrole nitrogens is 1. The second-order valence-corrected chi connectivity index (χ2v) is 10.4. The Hall–Kier alpha value is -4.73. The second-order valence-electron chi connectivity index (χ2n) is 10.4. The summed E-state index contributed by atoms with van der Waals surface area (Å²) in [5.74, 6) is -0.600. The molecule has 0 radical (unpaired) electrons. The van der Waals surface area contributed by atoms with Crippen LogP contribution in [0.25, 0.3) is 11.0 Å². The van der Waals surface area contributed by atoms with Crippen molar-refractivity contribution < 1.29 is 14.4 Å². The minimum atomic E-state index is -0.392. The van der Waals surface area contributed by atoms with E-state index in [2.05, 4.69) is 68.6 Å².